The number of allylic oxidation sites excluding steroid dienone is 1. The first-order valence-electron chi connectivity index (χ1n) is 15.2. The van der Waals surface area contributed by atoms with E-state index in [1.54, 1.807) is 29.7 Å². The van der Waals surface area contributed by atoms with Crippen molar-refractivity contribution in [1.82, 2.24) is 4.57 Å². The third-order valence-corrected chi connectivity index (χ3v) is 9.82. The highest BCUT2D eigenvalue weighted by molar-refractivity contribution is 9.11. The molecule has 3 aromatic carbocycles. The molecule has 0 aliphatic carbocycles. The van der Waals surface area contributed by atoms with Crippen LogP contribution in [0.5, 0.6) is 5.75 Å². The number of carbonyl (C=O) groups is 1. The van der Waals surface area contributed by atoms with E-state index in [4.69, 9.17) is 14.5 Å². The van der Waals surface area contributed by atoms with Gasteiger partial charge in [0.05, 0.1) is 42.3 Å². The first-order chi connectivity index (χ1) is 22.5. The van der Waals surface area contributed by atoms with Crippen LogP contribution in [-0.4, -0.2) is 22.1 Å². The topological polar surface area (TPSA) is 113 Å². The summed E-state index contributed by atoms with van der Waals surface area (Å²) < 4.78 is 14.9. The molecule has 9 nitrogen and oxygen atoms in total. The fraction of sp³-hybridized carbons (Fsp3) is 0.286. The number of rotatable bonds is 11. The zero-order chi connectivity index (χ0) is 33.8. The fourth-order valence-electron chi connectivity index (χ4n) is 5.32. The van der Waals surface area contributed by atoms with Crippen molar-refractivity contribution < 1.29 is 19.2 Å². The van der Waals surface area contributed by atoms with Gasteiger partial charge in [-0.05, 0) is 104 Å². The van der Waals surface area contributed by atoms with E-state index in [0.717, 1.165) is 28.7 Å². The Labute approximate surface area is 292 Å². The van der Waals surface area contributed by atoms with Crippen LogP contribution in [0.3, 0.4) is 0 Å². The number of esters is 1. The molecule has 2 heterocycles. The molecular formula is C35H33Br2N3O6S. The van der Waals surface area contributed by atoms with E-state index in [9.17, 15) is 19.7 Å². The van der Waals surface area contributed by atoms with Gasteiger partial charge in [-0.15, -0.1) is 0 Å². The molecule has 0 fully saturated rings. The van der Waals surface area contributed by atoms with Crippen molar-refractivity contribution in [2.75, 3.05) is 6.61 Å². The molecule has 1 aliphatic rings. The Morgan fingerprint density at radius 3 is 2.32 bits per heavy atom. The molecule has 4 aromatic rings. The maximum Gasteiger partial charge on any atom is 0.338 e. The van der Waals surface area contributed by atoms with Gasteiger partial charge in [-0.3, -0.25) is 19.5 Å². The van der Waals surface area contributed by atoms with Gasteiger partial charge in [-0.2, -0.15) is 0 Å². The van der Waals surface area contributed by atoms with Gasteiger partial charge in [0, 0.05) is 12.1 Å². The predicted molar refractivity (Wildman–Crippen MR) is 189 cm³/mol. The molecule has 5 rings (SSSR count). The van der Waals surface area contributed by atoms with Crippen LogP contribution in [0.25, 0.3) is 6.08 Å². The molecule has 1 aliphatic heterocycles. The number of hydrogen-bond donors (Lipinski definition) is 0. The largest absolute Gasteiger partial charge is 0.487 e. The quantitative estimate of drug-likeness (QED) is 0.0876. The van der Waals surface area contributed by atoms with Gasteiger partial charge in [0.15, 0.2) is 4.80 Å². The van der Waals surface area contributed by atoms with Crippen LogP contribution in [0.1, 0.15) is 74.8 Å². The molecule has 0 amide bonds. The van der Waals surface area contributed by atoms with E-state index in [1.807, 2.05) is 43.3 Å². The summed E-state index contributed by atoms with van der Waals surface area (Å²) >= 11 is 8.46. The Morgan fingerprint density at radius 1 is 1.09 bits per heavy atom. The maximum absolute atomic E-state index is 14.1. The number of nitro benzene ring substituents is 1. The number of ether oxygens (including phenoxy) is 2. The van der Waals surface area contributed by atoms with Gasteiger partial charge in [0.2, 0.25) is 0 Å². The Bertz CT molecular complexity index is 2010. The van der Waals surface area contributed by atoms with Crippen LogP contribution < -0.4 is 19.6 Å². The number of carbonyl (C=O) groups excluding carboxylic acids is 1. The van der Waals surface area contributed by atoms with E-state index in [2.05, 4.69) is 45.7 Å². The lowest BCUT2D eigenvalue weighted by Gasteiger charge is -2.26. The Kier molecular flexibility index (Phi) is 10.9. The molecule has 0 bridgehead atoms. The summed E-state index contributed by atoms with van der Waals surface area (Å²) in [5.74, 6) is 0.415. The normalized spacial score (nSPS) is 14.6. The Hall–Kier alpha value is -3.87. The van der Waals surface area contributed by atoms with Crippen LogP contribution in [0.15, 0.2) is 90.7 Å². The third-order valence-electron chi connectivity index (χ3n) is 7.66. The zero-order valence-corrected chi connectivity index (χ0v) is 30.3. The van der Waals surface area contributed by atoms with Gasteiger partial charge in [-0.25, -0.2) is 9.79 Å². The van der Waals surface area contributed by atoms with Gasteiger partial charge >= 0.3 is 5.97 Å². The van der Waals surface area contributed by atoms with Crippen LogP contribution in [-0.2, 0) is 16.1 Å². The average molecular weight is 784 g/mol. The van der Waals surface area contributed by atoms with Crippen molar-refractivity contribution in [3.8, 4) is 5.75 Å². The van der Waals surface area contributed by atoms with Crippen molar-refractivity contribution in [1.29, 1.82) is 0 Å². The lowest BCUT2D eigenvalue weighted by Crippen LogP contribution is -2.40. The van der Waals surface area contributed by atoms with E-state index in [1.165, 1.54) is 23.5 Å². The van der Waals surface area contributed by atoms with Crippen LogP contribution >= 0.6 is 43.2 Å². The maximum atomic E-state index is 14.1. The highest BCUT2D eigenvalue weighted by Crippen LogP contribution is 2.36. The minimum Gasteiger partial charge on any atom is -0.487 e. The van der Waals surface area contributed by atoms with Gasteiger partial charge in [0.1, 0.15) is 12.4 Å². The summed E-state index contributed by atoms with van der Waals surface area (Å²) in [5, 5.41) is 11.0. The molecule has 0 saturated heterocycles. The van der Waals surface area contributed by atoms with E-state index in [0.29, 0.717) is 47.6 Å². The molecule has 0 N–H and O–H groups in total. The van der Waals surface area contributed by atoms with E-state index in [-0.39, 0.29) is 24.5 Å². The van der Waals surface area contributed by atoms with Crippen LogP contribution in [0, 0.1) is 10.1 Å². The number of fused-ring (bicyclic) bond motifs is 1. The average Bonchev–Trinajstić information content (AvgIpc) is 3.34. The number of nitrogens with zero attached hydrogens (tertiary/aromatic N) is 3. The summed E-state index contributed by atoms with van der Waals surface area (Å²) in [6.07, 6.45) is 3.14. The fourth-order valence-corrected chi connectivity index (χ4v) is 7.79. The lowest BCUT2D eigenvalue weighted by molar-refractivity contribution is -0.384. The minimum atomic E-state index is -0.677. The first kappa shape index (κ1) is 34.5. The highest BCUT2D eigenvalue weighted by atomic mass is 79.9. The first-order valence-corrected chi connectivity index (χ1v) is 17.6. The molecular weight excluding hydrogens is 750 g/mol. The van der Waals surface area contributed by atoms with Crippen molar-refractivity contribution in [2.24, 2.45) is 4.99 Å². The number of halogens is 2. The summed E-state index contributed by atoms with van der Waals surface area (Å²) in [4.78, 5) is 43.5. The molecule has 0 unspecified atom stereocenters. The zero-order valence-electron chi connectivity index (χ0n) is 26.3. The van der Waals surface area contributed by atoms with Crippen molar-refractivity contribution in [3.05, 3.63) is 133 Å². The molecule has 1 aromatic heterocycles. The number of hydrogen-bond acceptors (Lipinski definition) is 8. The van der Waals surface area contributed by atoms with Gasteiger partial charge < -0.3 is 9.47 Å². The standard InChI is InChI=1S/C35H33Br2N3O6S/c1-5-7-28-30(34(42)45-6-2)31(24-12-10-23(11-13-24)20(3)4)39-33(41)29(47-35(39)38-28)18-22-16-26(36)32(27(37)17-22)46-19-21-8-14-25(15-9-21)40(43)44/h8-18,20,31H,5-7,19H2,1-4H3/b29-18-/t31-/m1/s1. The van der Waals surface area contributed by atoms with Crippen molar-refractivity contribution in [3.63, 3.8) is 0 Å². The summed E-state index contributed by atoms with van der Waals surface area (Å²) in [5.41, 5.74) is 4.28. The summed E-state index contributed by atoms with van der Waals surface area (Å²) in [7, 11) is 0. The monoisotopic (exact) mass is 781 g/mol. The van der Waals surface area contributed by atoms with Crippen molar-refractivity contribution >= 4 is 60.9 Å². The number of benzene rings is 3. The third kappa shape index (κ3) is 7.50. The lowest BCUT2D eigenvalue weighted by atomic mass is 9.92. The SMILES string of the molecule is CCCC1=C(C(=O)OCC)[C@@H](c2ccc(C(C)C)cc2)n2c(s/c(=C\c3cc(Br)c(OCc4ccc([N+](=O)[O-])cc4)c(Br)c3)c2=O)=N1. The summed E-state index contributed by atoms with van der Waals surface area (Å²) in [6.45, 7) is 8.45. The minimum absolute atomic E-state index is 0.0137. The number of nitro groups is 1. The Morgan fingerprint density at radius 2 is 1.74 bits per heavy atom. The smallest absolute Gasteiger partial charge is 0.338 e. The molecule has 0 saturated carbocycles. The molecule has 244 valence electrons. The highest BCUT2D eigenvalue weighted by Gasteiger charge is 2.34. The predicted octanol–water partition coefficient (Wildman–Crippen LogP) is 7.71. The second-order valence-corrected chi connectivity index (χ2v) is 14.0. The van der Waals surface area contributed by atoms with Crippen LogP contribution in [0.4, 0.5) is 5.69 Å². The van der Waals surface area contributed by atoms with Crippen LogP contribution in [0.2, 0.25) is 0 Å². The molecule has 47 heavy (non-hydrogen) atoms. The molecule has 12 heteroatoms. The van der Waals surface area contributed by atoms with Gasteiger partial charge in [-0.1, -0.05) is 62.8 Å². The molecule has 0 spiro atoms. The van der Waals surface area contributed by atoms with E-state index >= 15 is 0 Å². The van der Waals surface area contributed by atoms with Crippen molar-refractivity contribution in [2.45, 2.75) is 59.1 Å². The number of thiazole rings is 1. The number of non-ortho nitro benzene ring substituents is 1. The molecule has 0 radical (unpaired) electrons. The van der Waals surface area contributed by atoms with E-state index < -0.39 is 16.9 Å². The molecule has 1 atom stereocenters. The summed E-state index contributed by atoms with van der Waals surface area (Å²) in [6, 6.07) is 17.2. The second kappa shape index (κ2) is 14.9. The second-order valence-electron chi connectivity index (χ2n) is 11.3. The Balaban J connectivity index is 1.55. The number of aromatic nitrogens is 1. The van der Waals surface area contributed by atoms with Gasteiger partial charge in [0.25, 0.3) is 11.2 Å².